The molecule has 4 rings (SSSR count). The van der Waals surface area contributed by atoms with E-state index in [9.17, 15) is 4.79 Å². The van der Waals surface area contributed by atoms with Crippen molar-refractivity contribution in [2.45, 2.75) is 71.1 Å². The summed E-state index contributed by atoms with van der Waals surface area (Å²) in [5.41, 5.74) is 4.98. The Balaban J connectivity index is 1.63. The van der Waals surface area contributed by atoms with Gasteiger partial charge in [0.25, 0.3) is 0 Å². The maximum atomic E-state index is 14.1. The van der Waals surface area contributed by atoms with E-state index >= 15 is 0 Å². The van der Waals surface area contributed by atoms with Crippen LogP contribution in [0.4, 0.5) is 0 Å². The molecule has 0 spiro atoms. The maximum absolute atomic E-state index is 14.1. The Morgan fingerprint density at radius 3 is 1.72 bits per heavy atom. The van der Waals surface area contributed by atoms with E-state index in [1.807, 2.05) is 36.4 Å². The molecule has 0 saturated carbocycles. The summed E-state index contributed by atoms with van der Waals surface area (Å²) >= 11 is 0. The minimum atomic E-state index is -0.738. The second-order valence-electron chi connectivity index (χ2n) is 11.9. The van der Waals surface area contributed by atoms with Crippen LogP contribution in [0.1, 0.15) is 75.1 Å². The van der Waals surface area contributed by atoms with Crippen molar-refractivity contribution >= 4 is 5.78 Å². The number of carbonyl (C=O) groups is 1. The lowest BCUT2D eigenvalue weighted by molar-refractivity contribution is -0.123. The molecule has 0 amide bonds. The van der Waals surface area contributed by atoms with Gasteiger partial charge in [-0.15, -0.1) is 0 Å². The van der Waals surface area contributed by atoms with Crippen LogP contribution in [0.25, 0.3) is 0 Å². The molecule has 0 bridgehead atoms. The van der Waals surface area contributed by atoms with Gasteiger partial charge in [-0.25, -0.2) is 0 Å². The molecular formula is C40H47NO2. The Hall–Kier alpha value is -3.79. The van der Waals surface area contributed by atoms with Crippen LogP contribution < -0.4 is 5.32 Å². The fraction of sp³-hybridized carbons (Fsp3) is 0.325. The van der Waals surface area contributed by atoms with Gasteiger partial charge in [0.05, 0.1) is 24.8 Å². The average molecular weight is 574 g/mol. The molecule has 0 aromatic heterocycles. The molecule has 0 saturated heterocycles. The first-order valence-corrected chi connectivity index (χ1v) is 15.7. The molecule has 1 N–H and O–H groups in total. The number of allylic oxidation sites excluding steroid dienone is 2. The largest absolute Gasteiger partial charge is 0.375 e. The highest BCUT2D eigenvalue weighted by Gasteiger charge is 2.39. The van der Waals surface area contributed by atoms with Gasteiger partial charge in [0.15, 0.2) is 5.78 Å². The predicted molar refractivity (Wildman–Crippen MR) is 179 cm³/mol. The van der Waals surface area contributed by atoms with Crippen molar-refractivity contribution in [3.63, 3.8) is 0 Å². The van der Waals surface area contributed by atoms with Crippen LogP contribution in [-0.4, -0.2) is 18.4 Å². The Kier molecular flexibility index (Phi) is 12.5. The number of carbonyl (C=O) groups excluding carboxylic acids is 1. The molecule has 3 heteroatoms. The number of hydrogen-bond donors (Lipinski definition) is 1. The molecule has 0 aliphatic rings. The fourth-order valence-electron chi connectivity index (χ4n) is 5.76. The van der Waals surface area contributed by atoms with Crippen LogP contribution in [0.15, 0.2) is 133 Å². The minimum Gasteiger partial charge on any atom is -0.375 e. The third-order valence-corrected chi connectivity index (χ3v) is 8.13. The zero-order valence-electron chi connectivity index (χ0n) is 26.0. The van der Waals surface area contributed by atoms with E-state index in [0.717, 1.165) is 47.9 Å². The van der Waals surface area contributed by atoms with Crippen molar-refractivity contribution in [2.24, 2.45) is 5.92 Å². The highest BCUT2D eigenvalue weighted by molar-refractivity contribution is 5.84. The molecule has 0 unspecified atom stereocenters. The standard InChI is InChI=1S/C40H47NO2/c1-32(2)18-16-19-33(3)20-17-29-39(42)38(31-43-30-34-21-8-4-9-22-34)41-40(35-23-10-5-11-24-35,36-25-12-6-13-26-36)37-27-14-7-15-28-37/h4-15,18,21-28,33,38,41H,16-17,19-20,29-31H2,1-3H3/t33-,38+/m1/s1. The van der Waals surface area contributed by atoms with Crippen molar-refractivity contribution in [3.8, 4) is 0 Å². The lowest BCUT2D eigenvalue weighted by Gasteiger charge is -2.40. The van der Waals surface area contributed by atoms with E-state index in [1.165, 1.54) is 5.57 Å². The van der Waals surface area contributed by atoms with E-state index in [2.05, 4.69) is 117 Å². The molecule has 4 aromatic rings. The topological polar surface area (TPSA) is 38.3 Å². The van der Waals surface area contributed by atoms with Gasteiger partial charge in [-0.3, -0.25) is 10.1 Å². The average Bonchev–Trinajstić information content (AvgIpc) is 3.04. The number of nitrogens with one attached hydrogen (secondary N) is 1. The molecule has 2 atom stereocenters. The Morgan fingerprint density at radius 2 is 1.23 bits per heavy atom. The summed E-state index contributed by atoms with van der Waals surface area (Å²) in [6.07, 6.45) is 7.00. The van der Waals surface area contributed by atoms with Crippen molar-refractivity contribution < 1.29 is 9.53 Å². The molecule has 0 aliphatic heterocycles. The Labute approximate surface area is 259 Å². The molecule has 0 aliphatic carbocycles. The van der Waals surface area contributed by atoms with Gasteiger partial charge >= 0.3 is 0 Å². The molecule has 224 valence electrons. The molecule has 4 aromatic carbocycles. The summed E-state index contributed by atoms with van der Waals surface area (Å²) in [7, 11) is 0. The van der Waals surface area contributed by atoms with Crippen molar-refractivity contribution in [1.82, 2.24) is 5.32 Å². The second-order valence-corrected chi connectivity index (χ2v) is 11.9. The van der Waals surface area contributed by atoms with Crippen molar-refractivity contribution in [3.05, 3.63) is 155 Å². The first kappa shape index (κ1) is 32.1. The molecule has 43 heavy (non-hydrogen) atoms. The smallest absolute Gasteiger partial charge is 0.152 e. The van der Waals surface area contributed by atoms with E-state index in [4.69, 9.17) is 4.74 Å². The lowest BCUT2D eigenvalue weighted by Crippen LogP contribution is -2.54. The van der Waals surface area contributed by atoms with E-state index in [1.54, 1.807) is 0 Å². The molecule has 0 fully saturated rings. The first-order valence-electron chi connectivity index (χ1n) is 15.7. The van der Waals surface area contributed by atoms with Crippen LogP contribution in [0.3, 0.4) is 0 Å². The van der Waals surface area contributed by atoms with Crippen molar-refractivity contribution in [2.75, 3.05) is 6.61 Å². The van der Waals surface area contributed by atoms with E-state index < -0.39 is 11.6 Å². The monoisotopic (exact) mass is 573 g/mol. The molecule has 0 heterocycles. The summed E-state index contributed by atoms with van der Waals surface area (Å²) in [6, 6.07) is 41.0. The molecule has 0 radical (unpaired) electrons. The summed E-state index contributed by atoms with van der Waals surface area (Å²) < 4.78 is 6.27. The predicted octanol–water partition coefficient (Wildman–Crippen LogP) is 9.28. The normalized spacial score (nSPS) is 12.8. The van der Waals surface area contributed by atoms with Gasteiger partial charge in [0, 0.05) is 6.42 Å². The molecule has 3 nitrogen and oxygen atoms in total. The van der Waals surface area contributed by atoms with Crippen LogP contribution in [0.2, 0.25) is 0 Å². The number of benzene rings is 4. The summed E-state index contributed by atoms with van der Waals surface area (Å²) in [5.74, 6) is 0.776. The van der Waals surface area contributed by atoms with Crippen molar-refractivity contribution in [1.29, 1.82) is 0 Å². The quantitative estimate of drug-likeness (QED) is 0.101. The summed E-state index contributed by atoms with van der Waals surface area (Å²) in [5, 5.41) is 3.91. The maximum Gasteiger partial charge on any atom is 0.152 e. The van der Waals surface area contributed by atoms with Gasteiger partial charge in [-0.2, -0.15) is 0 Å². The van der Waals surface area contributed by atoms with Crippen LogP contribution in [-0.2, 0) is 21.7 Å². The Morgan fingerprint density at radius 1 is 0.744 bits per heavy atom. The SMILES string of the molecule is CC(C)=CCC[C@@H](C)CCCC(=O)[C@H](COCc1ccccc1)NC(c1ccccc1)(c1ccccc1)c1ccccc1. The number of ketones is 1. The number of hydrogen-bond acceptors (Lipinski definition) is 3. The highest BCUT2D eigenvalue weighted by Crippen LogP contribution is 2.37. The van der Waals surface area contributed by atoms with Gasteiger partial charge in [-0.05, 0) is 61.3 Å². The Bertz CT molecular complexity index is 1280. The van der Waals surface area contributed by atoms with Crippen LogP contribution in [0.5, 0.6) is 0 Å². The third kappa shape index (κ3) is 9.35. The summed E-state index contributed by atoms with van der Waals surface area (Å²) in [6.45, 7) is 7.35. The highest BCUT2D eigenvalue weighted by atomic mass is 16.5. The van der Waals surface area contributed by atoms with Crippen LogP contribution in [0, 0.1) is 5.92 Å². The van der Waals surface area contributed by atoms with Gasteiger partial charge < -0.3 is 4.74 Å². The second kappa shape index (κ2) is 16.7. The van der Waals surface area contributed by atoms with Gasteiger partial charge in [-0.1, -0.05) is 146 Å². The first-order chi connectivity index (χ1) is 21.0. The third-order valence-electron chi connectivity index (χ3n) is 8.13. The zero-order chi connectivity index (χ0) is 30.3. The fourth-order valence-corrected chi connectivity index (χ4v) is 5.76. The number of ether oxygens (including phenoxy) is 1. The number of Topliss-reactive ketones (excluding diaryl/α,β-unsaturated/α-hetero) is 1. The molecular weight excluding hydrogens is 526 g/mol. The van der Waals surface area contributed by atoms with E-state index in [-0.39, 0.29) is 12.4 Å². The minimum absolute atomic E-state index is 0.191. The van der Waals surface area contributed by atoms with Crippen LogP contribution >= 0.6 is 0 Å². The van der Waals surface area contributed by atoms with E-state index in [0.29, 0.717) is 18.9 Å². The zero-order valence-corrected chi connectivity index (χ0v) is 26.0. The number of rotatable bonds is 17. The lowest BCUT2D eigenvalue weighted by atomic mass is 9.76. The summed E-state index contributed by atoms with van der Waals surface area (Å²) in [4.78, 5) is 14.1. The van der Waals surface area contributed by atoms with Gasteiger partial charge in [0.1, 0.15) is 0 Å². The van der Waals surface area contributed by atoms with Gasteiger partial charge in [0.2, 0.25) is 0 Å².